The Hall–Kier alpha value is -2.25. The fraction of sp³-hybridized carbons (Fsp3) is 0.0769. The van der Waals surface area contributed by atoms with Crippen molar-refractivity contribution in [1.82, 2.24) is 0 Å². The van der Waals surface area contributed by atoms with Gasteiger partial charge in [-0.1, -0.05) is 11.6 Å². The average molecular weight is 262 g/mol. The van der Waals surface area contributed by atoms with Crippen LogP contribution in [-0.4, -0.2) is 13.4 Å². The first-order valence-corrected chi connectivity index (χ1v) is 5.40. The molecule has 0 atom stereocenters. The van der Waals surface area contributed by atoms with Crippen molar-refractivity contribution in [3.63, 3.8) is 0 Å². The van der Waals surface area contributed by atoms with Gasteiger partial charge < -0.3 is 9.15 Å². The van der Waals surface area contributed by atoms with E-state index in [-0.39, 0.29) is 5.76 Å². The second-order valence-electron chi connectivity index (χ2n) is 3.46. The first kappa shape index (κ1) is 12.2. The molecule has 0 saturated heterocycles. The van der Waals surface area contributed by atoms with E-state index in [9.17, 15) is 4.79 Å². The first-order valence-electron chi connectivity index (χ1n) is 5.02. The van der Waals surface area contributed by atoms with Crippen LogP contribution in [0.25, 0.3) is 11.3 Å². The van der Waals surface area contributed by atoms with Gasteiger partial charge in [-0.05, 0) is 24.3 Å². The third-order valence-corrected chi connectivity index (χ3v) is 2.72. The summed E-state index contributed by atoms with van der Waals surface area (Å²) in [6.45, 7) is 0. The second kappa shape index (κ2) is 4.94. The van der Waals surface area contributed by atoms with E-state index in [1.807, 2.05) is 6.07 Å². The highest BCUT2D eigenvalue weighted by atomic mass is 35.5. The minimum Gasteiger partial charge on any atom is -0.495 e. The molecule has 0 spiro atoms. The maximum absolute atomic E-state index is 10.6. The Morgan fingerprint density at radius 2 is 2.22 bits per heavy atom. The van der Waals surface area contributed by atoms with Crippen LogP contribution < -0.4 is 4.74 Å². The van der Waals surface area contributed by atoms with Crippen LogP contribution >= 0.6 is 11.6 Å². The quantitative estimate of drug-likeness (QED) is 0.795. The molecule has 1 heterocycles. The number of nitriles is 1. The van der Waals surface area contributed by atoms with E-state index in [4.69, 9.17) is 26.0 Å². The maximum Gasteiger partial charge on any atom is 0.185 e. The molecule has 2 rings (SSSR count). The number of hydrogen-bond donors (Lipinski definition) is 0. The zero-order valence-corrected chi connectivity index (χ0v) is 10.2. The summed E-state index contributed by atoms with van der Waals surface area (Å²) >= 11 is 5.94. The van der Waals surface area contributed by atoms with Gasteiger partial charge in [0.2, 0.25) is 0 Å². The van der Waals surface area contributed by atoms with Crippen LogP contribution in [0.2, 0.25) is 5.02 Å². The summed E-state index contributed by atoms with van der Waals surface area (Å²) in [6, 6.07) is 8.28. The number of halogens is 1. The molecule has 0 aliphatic carbocycles. The van der Waals surface area contributed by atoms with Gasteiger partial charge in [0, 0.05) is 5.56 Å². The minimum atomic E-state index is 0.197. The predicted octanol–water partition coefficient (Wildman–Crippen LogP) is 3.29. The molecule has 90 valence electrons. The fourth-order valence-electron chi connectivity index (χ4n) is 1.57. The Labute approximate surface area is 108 Å². The van der Waals surface area contributed by atoms with Crippen LogP contribution in [0.1, 0.15) is 16.1 Å². The Morgan fingerprint density at radius 3 is 2.78 bits per heavy atom. The summed E-state index contributed by atoms with van der Waals surface area (Å²) in [6.07, 6.45) is 0.600. The molecule has 0 saturated carbocycles. The molecule has 0 radical (unpaired) electrons. The predicted molar refractivity (Wildman–Crippen MR) is 65.8 cm³/mol. The molecule has 0 amide bonds. The lowest BCUT2D eigenvalue weighted by Crippen LogP contribution is -1.89. The van der Waals surface area contributed by atoms with E-state index in [1.165, 1.54) is 19.2 Å². The zero-order chi connectivity index (χ0) is 13.1. The molecule has 2 aromatic rings. The number of ether oxygens (including phenoxy) is 1. The molecule has 0 unspecified atom stereocenters. The monoisotopic (exact) mass is 261 g/mol. The molecule has 1 aromatic heterocycles. The topological polar surface area (TPSA) is 63.2 Å². The van der Waals surface area contributed by atoms with Gasteiger partial charge in [-0.15, -0.1) is 0 Å². The van der Waals surface area contributed by atoms with E-state index in [0.717, 1.165) is 0 Å². The van der Waals surface area contributed by atoms with E-state index in [2.05, 4.69) is 0 Å². The number of nitrogens with zero attached hydrogens (tertiary/aromatic N) is 1. The molecule has 0 bridgehead atoms. The Bertz CT molecular complexity index is 640. The highest BCUT2D eigenvalue weighted by Crippen LogP contribution is 2.34. The molecule has 18 heavy (non-hydrogen) atoms. The summed E-state index contributed by atoms with van der Waals surface area (Å²) in [7, 11) is 1.48. The second-order valence-corrected chi connectivity index (χ2v) is 3.87. The number of aldehydes is 1. The molecule has 1 aromatic carbocycles. The third kappa shape index (κ3) is 2.08. The van der Waals surface area contributed by atoms with Crippen molar-refractivity contribution < 1.29 is 13.9 Å². The van der Waals surface area contributed by atoms with Gasteiger partial charge in [0.1, 0.15) is 11.5 Å². The lowest BCUT2D eigenvalue weighted by atomic mass is 10.1. The van der Waals surface area contributed by atoms with Crippen molar-refractivity contribution in [3.8, 4) is 23.1 Å². The molecule has 0 aliphatic rings. The summed E-state index contributed by atoms with van der Waals surface area (Å²) in [5, 5.41) is 9.42. The maximum atomic E-state index is 10.6. The smallest absolute Gasteiger partial charge is 0.185 e. The number of furan rings is 1. The number of methoxy groups -OCH3 is 1. The van der Waals surface area contributed by atoms with Crippen molar-refractivity contribution >= 4 is 17.9 Å². The summed E-state index contributed by atoms with van der Waals surface area (Å²) in [5.41, 5.74) is 0.888. The van der Waals surface area contributed by atoms with Crippen molar-refractivity contribution in [2.24, 2.45) is 0 Å². The van der Waals surface area contributed by atoms with E-state index < -0.39 is 0 Å². The average Bonchev–Trinajstić information content (AvgIpc) is 2.87. The van der Waals surface area contributed by atoms with Gasteiger partial charge in [0.05, 0.1) is 23.8 Å². The highest BCUT2D eigenvalue weighted by molar-refractivity contribution is 6.32. The van der Waals surface area contributed by atoms with Crippen LogP contribution in [0.4, 0.5) is 0 Å². The molecular weight excluding hydrogens is 254 g/mol. The van der Waals surface area contributed by atoms with Crippen LogP contribution in [0.3, 0.4) is 0 Å². The largest absolute Gasteiger partial charge is 0.495 e. The SMILES string of the molecule is COc1cc(-c2ccc(C=O)o2)c(C#N)cc1Cl. The molecular formula is C13H8ClNO3. The van der Waals surface area contributed by atoms with Gasteiger partial charge in [-0.2, -0.15) is 5.26 Å². The lowest BCUT2D eigenvalue weighted by molar-refractivity contribution is 0.110. The number of hydrogen-bond acceptors (Lipinski definition) is 4. The van der Waals surface area contributed by atoms with Crippen LogP contribution in [0.5, 0.6) is 5.75 Å². The summed E-state index contributed by atoms with van der Waals surface area (Å²) < 4.78 is 10.4. The first-order chi connectivity index (χ1) is 8.69. The van der Waals surface area contributed by atoms with Gasteiger partial charge in [-0.3, -0.25) is 4.79 Å². The molecule has 4 nitrogen and oxygen atoms in total. The Morgan fingerprint density at radius 1 is 1.44 bits per heavy atom. The fourth-order valence-corrected chi connectivity index (χ4v) is 1.81. The van der Waals surface area contributed by atoms with Crippen molar-refractivity contribution in [1.29, 1.82) is 5.26 Å². The van der Waals surface area contributed by atoms with E-state index in [1.54, 1.807) is 12.1 Å². The summed E-state index contributed by atoms with van der Waals surface area (Å²) in [5.74, 6) is 1.06. The molecule has 0 fully saturated rings. The van der Waals surface area contributed by atoms with Gasteiger partial charge in [0.25, 0.3) is 0 Å². The van der Waals surface area contributed by atoms with Gasteiger partial charge >= 0.3 is 0 Å². The Balaban J connectivity index is 2.62. The molecule has 0 N–H and O–H groups in total. The molecule has 0 aliphatic heterocycles. The number of benzene rings is 1. The normalized spacial score (nSPS) is 9.83. The number of carbonyl (C=O) groups excluding carboxylic acids is 1. The highest BCUT2D eigenvalue weighted by Gasteiger charge is 2.13. The third-order valence-electron chi connectivity index (χ3n) is 2.42. The van der Waals surface area contributed by atoms with Gasteiger partial charge in [-0.25, -0.2) is 0 Å². The minimum absolute atomic E-state index is 0.197. The Kier molecular flexibility index (Phi) is 3.35. The van der Waals surface area contributed by atoms with Crippen molar-refractivity contribution in [3.05, 3.63) is 40.6 Å². The van der Waals surface area contributed by atoms with Crippen molar-refractivity contribution in [2.45, 2.75) is 0 Å². The van der Waals surface area contributed by atoms with E-state index in [0.29, 0.717) is 33.9 Å². The zero-order valence-electron chi connectivity index (χ0n) is 9.44. The number of rotatable bonds is 3. The van der Waals surface area contributed by atoms with Gasteiger partial charge in [0.15, 0.2) is 12.0 Å². The van der Waals surface area contributed by atoms with Crippen molar-refractivity contribution in [2.75, 3.05) is 7.11 Å². The molecule has 5 heteroatoms. The lowest BCUT2D eigenvalue weighted by Gasteiger charge is -2.06. The van der Waals surface area contributed by atoms with Crippen LogP contribution in [0.15, 0.2) is 28.7 Å². The summed E-state index contributed by atoms with van der Waals surface area (Å²) in [4.78, 5) is 10.6. The van der Waals surface area contributed by atoms with E-state index >= 15 is 0 Å². The number of carbonyl (C=O) groups is 1. The standard InChI is InChI=1S/C13H8ClNO3/c1-17-13-5-10(8(6-15)4-11(13)14)12-3-2-9(7-16)18-12/h2-5,7H,1H3. The van der Waals surface area contributed by atoms with Crippen LogP contribution in [-0.2, 0) is 0 Å². The van der Waals surface area contributed by atoms with Crippen LogP contribution in [0, 0.1) is 11.3 Å².